The van der Waals surface area contributed by atoms with Gasteiger partial charge in [-0.15, -0.1) is 0 Å². The maximum atomic E-state index is 11.5. The minimum Gasteiger partial charge on any atom is -0.476 e. The van der Waals surface area contributed by atoms with Gasteiger partial charge >= 0.3 is 0 Å². The van der Waals surface area contributed by atoms with E-state index in [2.05, 4.69) is 4.98 Å². The average Bonchev–Trinajstić information content (AvgIpc) is 2.42. The van der Waals surface area contributed by atoms with E-state index in [1.807, 2.05) is 0 Å². The fourth-order valence-corrected chi connectivity index (χ4v) is 1.61. The number of ether oxygens (including phenoxy) is 5. The number of fused-ring (bicyclic) bond motifs is 2. The van der Waals surface area contributed by atoms with Gasteiger partial charge in [-0.1, -0.05) is 0 Å². The minimum atomic E-state index is -0.176. The lowest BCUT2D eigenvalue weighted by Gasteiger charge is -2.11. The quantitative estimate of drug-likeness (QED) is 0.733. The highest BCUT2D eigenvalue weighted by atomic mass is 16.6. The Hall–Kier alpha value is -1.57. The summed E-state index contributed by atoms with van der Waals surface area (Å²) < 4.78 is 26.7. The van der Waals surface area contributed by atoms with Crippen molar-refractivity contribution in [1.29, 1.82) is 0 Å². The van der Waals surface area contributed by atoms with Gasteiger partial charge in [0.25, 0.3) is 0 Å². The molecule has 1 N–H and O–H groups in total. The average molecular weight is 285 g/mol. The Kier molecular flexibility index (Phi) is 6.36. The molecular formula is C13H19NO6. The molecule has 112 valence electrons. The number of nitrogens with one attached hydrogen (secondary N) is 1. The lowest BCUT2D eigenvalue weighted by Crippen LogP contribution is -2.16. The molecule has 2 heterocycles. The highest BCUT2D eigenvalue weighted by molar-refractivity contribution is 5.20. The molecule has 0 aliphatic carbocycles. The van der Waals surface area contributed by atoms with E-state index in [-0.39, 0.29) is 5.43 Å². The number of H-pyrrole nitrogens is 1. The van der Waals surface area contributed by atoms with Crippen LogP contribution in [0.1, 0.15) is 0 Å². The zero-order valence-electron chi connectivity index (χ0n) is 11.3. The van der Waals surface area contributed by atoms with Gasteiger partial charge in [0, 0.05) is 12.1 Å². The number of aromatic amines is 1. The second-order valence-electron chi connectivity index (χ2n) is 4.08. The van der Waals surface area contributed by atoms with Gasteiger partial charge in [0.05, 0.1) is 39.6 Å². The Balaban J connectivity index is 1.93. The van der Waals surface area contributed by atoms with Crippen LogP contribution in [-0.4, -0.2) is 57.8 Å². The molecule has 1 aliphatic rings. The zero-order chi connectivity index (χ0) is 14.0. The molecule has 0 amide bonds. The smallest absolute Gasteiger partial charge is 0.197 e. The van der Waals surface area contributed by atoms with Gasteiger partial charge in [0.15, 0.2) is 17.2 Å². The molecule has 0 fully saturated rings. The van der Waals surface area contributed by atoms with E-state index in [1.165, 1.54) is 12.1 Å². The van der Waals surface area contributed by atoms with Crippen molar-refractivity contribution in [2.24, 2.45) is 0 Å². The minimum absolute atomic E-state index is 0.176. The fraction of sp³-hybridized carbons (Fsp3) is 0.615. The summed E-state index contributed by atoms with van der Waals surface area (Å²) in [5.74, 6) is 0.723. The monoisotopic (exact) mass is 285 g/mol. The van der Waals surface area contributed by atoms with Crippen LogP contribution in [0.2, 0.25) is 0 Å². The summed E-state index contributed by atoms with van der Waals surface area (Å²) in [6, 6.07) is 2.74. The molecular weight excluding hydrogens is 266 g/mol. The molecule has 7 nitrogen and oxygen atoms in total. The second kappa shape index (κ2) is 8.57. The maximum absolute atomic E-state index is 11.5. The summed E-state index contributed by atoms with van der Waals surface area (Å²) in [6.07, 6.45) is 0. The molecule has 0 saturated carbocycles. The largest absolute Gasteiger partial charge is 0.476 e. The summed E-state index contributed by atoms with van der Waals surface area (Å²) in [5, 5.41) is 0. The molecule has 0 aromatic carbocycles. The van der Waals surface area contributed by atoms with E-state index < -0.39 is 0 Å². The van der Waals surface area contributed by atoms with Gasteiger partial charge in [-0.3, -0.25) is 9.78 Å². The van der Waals surface area contributed by atoms with Crippen LogP contribution >= 0.6 is 0 Å². The first kappa shape index (κ1) is 14.8. The van der Waals surface area contributed by atoms with E-state index >= 15 is 0 Å². The summed E-state index contributed by atoms with van der Waals surface area (Å²) in [4.78, 5) is 14.4. The van der Waals surface area contributed by atoms with Crippen LogP contribution in [0.5, 0.6) is 11.8 Å². The molecule has 20 heavy (non-hydrogen) atoms. The highest BCUT2D eigenvalue weighted by Crippen LogP contribution is 2.10. The maximum Gasteiger partial charge on any atom is 0.197 e. The van der Waals surface area contributed by atoms with Gasteiger partial charge in [0.1, 0.15) is 13.2 Å². The second-order valence-corrected chi connectivity index (χ2v) is 4.08. The summed E-state index contributed by atoms with van der Waals surface area (Å²) in [6.45, 7) is 3.59. The van der Waals surface area contributed by atoms with Crippen molar-refractivity contribution in [1.82, 2.24) is 4.98 Å². The van der Waals surface area contributed by atoms with Crippen molar-refractivity contribution in [3.63, 3.8) is 0 Å². The van der Waals surface area contributed by atoms with Gasteiger partial charge < -0.3 is 23.7 Å². The first-order chi connectivity index (χ1) is 9.84. The molecule has 0 atom stereocenters. The number of aromatic nitrogens is 1. The van der Waals surface area contributed by atoms with E-state index in [9.17, 15) is 4.79 Å². The third kappa shape index (κ3) is 5.60. The van der Waals surface area contributed by atoms with Crippen LogP contribution < -0.4 is 14.9 Å². The molecule has 1 aromatic heterocycles. The summed E-state index contributed by atoms with van der Waals surface area (Å²) >= 11 is 0. The lowest BCUT2D eigenvalue weighted by molar-refractivity contribution is 0.00349. The number of rotatable bonds is 0. The molecule has 0 unspecified atom stereocenters. The van der Waals surface area contributed by atoms with E-state index in [0.717, 1.165) is 0 Å². The number of pyridine rings is 1. The van der Waals surface area contributed by atoms with Crippen LogP contribution in [0, 0.1) is 0 Å². The lowest BCUT2D eigenvalue weighted by atomic mass is 10.4. The van der Waals surface area contributed by atoms with Crippen molar-refractivity contribution in [3.05, 3.63) is 22.4 Å². The van der Waals surface area contributed by atoms with Crippen LogP contribution in [0.3, 0.4) is 0 Å². The molecule has 2 bridgehead atoms. The van der Waals surface area contributed by atoms with Gasteiger partial charge in [-0.25, -0.2) is 0 Å². The van der Waals surface area contributed by atoms with Crippen molar-refractivity contribution in [2.75, 3.05) is 52.9 Å². The Bertz CT molecular complexity index is 411. The molecule has 0 saturated heterocycles. The SMILES string of the molecule is O=c1cc2[nH]c(c1)OCCOCCOCCOCCO2. The third-order valence-electron chi connectivity index (χ3n) is 2.51. The van der Waals surface area contributed by atoms with Gasteiger partial charge in [0.2, 0.25) is 0 Å². The standard InChI is InChI=1S/C13H19NO6/c15-11-9-12-14-13(10-11)20-8-6-18-4-2-16-1-3-17-5-7-19-12/h9-10H,1-8H2,(H,14,15). The topological polar surface area (TPSA) is 79.0 Å². The highest BCUT2D eigenvalue weighted by Gasteiger charge is 2.02. The van der Waals surface area contributed by atoms with Crippen LogP contribution in [0.15, 0.2) is 16.9 Å². The summed E-state index contributed by atoms with van der Waals surface area (Å²) in [7, 11) is 0. The fourth-order valence-electron chi connectivity index (χ4n) is 1.61. The molecule has 7 heteroatoms. The predicted molar refractivity (Wildman–Crippen MR) is 70.5 cm³/mol. The molecule has 0 radical (unpaired) electrons. The van der Waals surface area contributed by atoms with Crippen molar-refractivity contribution >= 4 is 0 Å². The Morgan fingerprint density at radius 2 is 1.10 bits per heavy atom. The van der Waals surface area contributed by atoms with E-state index in [4.69, 9.17) is 23.7 Å². The van der Waals surface area contributed by atoms with Crippen molar-refractivity contribution in [3.8, 4) is 11.8 Å². The predicted octanol–water partition coefficient (Wildman–Crippen LogP) is 0.196. The first-order valence-electron chi connectivity index (χ1n) is 6.58. The van der Waals surface area contributed by atoms with Crippen LogP contribution in [0.4, 0.5) is 0 Å². The number of hydrogen-bond acceptors (Lipinski definition) is 6. The van der Waals surface area contributed by atoms with Crippen LogP contribution in [-0.2, 0) is 14.2 Å². The van der Waals surface area contributed by atoms with E-state index in [0.29, 0.717) is 64.6 Å². The third-order valence-corrected chi connectivity index (χ3v) is 2.51. The Morgan fingerprint density at radius 3 is 1.55 bits per heavy atom. The Morgan fingerprint density at radius 1 is 0.700 bits per heavy atom. The van der Waals surface area contributed by atoms with Gasteiger partial charge in [-0.05, 0) is 0 Å². The zero-order valence-corrected chi connectivity index (χ0v) is 11.3. The molecule has 1 aromatic rings. The van der Waals surface area contributed by atoms with Crippen molar-refractivity contribution in [2.45, 2.75) is 0 Å². The van der Waals surface area contributed by atoms with E-state index in [1.54, 1.807) is 0 Å². The first-order valence-corrected chi connectivity index (χ1v) is 6.58. The van der Waals surface area contributed by atoms with Gasteiger partial charge in [-0.2, -0.15) is 0 Å². The molecule has 1 aliphatic heterocycles. The number of hydrogen-bond donors (Lipinski definition) is 1. The molecule has 0 spiro atoms. The normalized spacial score (nSPS) is 18.8. The van der Waals surface area contributed by atoms with Crippen LogP contribution in [0.25, 0.3) is 0 Å². The summed E-state index contributed by atoms with van der Waals surface area (Å²) in [5.41, 5.74) is -0.176. The molecule has 2 rings (SSSR count). The van der Waals surface area contributed by atoms with Crippen molar-refractivity contribution < 1.29 is 23.7 Å². The Labute approximate surface area is 116 Å².